The number of aromatic nitrogens is 1. The molecule has 0 amide bonds. The van der Waals surface area contributed by atoms with Gasteiger partial charge >= 0.3 is 0 Å². The van der Waals surface area contributed by atoms with Gasteiger partial charge in [-0.15, -0.1) is 0 Å². The Hall–Kier alpha value is -0.600. The molecule has 54 valence electrons. The summed E-state index contributed by atoms with van der Waals surface area (Å²) in [6.07, 6.45) is 3.31. The van der Waals surface area contributed by atoms with Gasteiger partial charge in [0.05, 0.1) is 5.02 Å². The van der Waals surface area contributed by atoms with Gasteiger partial charge in [0.25, 0.3) is 0 Å². The molecule has 0 aliphatic heterocycles. The van der Waals surface area contributed by atoms with Crippen molar-refractivity contribution in [3.05, 3.63) is 29.0 Å². The van der Waals surface area contributed by atoms with Gasteiger partial charge in [-0.25, -0.2) is 0 Å². The van der Waals surface area contributed by atoms with Crippen LogP contribution in [0.25, 0.3) is 0 Å². The summed E-state index contributed by atoms with van der Waals surface area (Å²) in [5.41, 5.74) is 6.55. The van der Waals surface area contributed by atoms with E-state index in [1.807, 2.05) is 13.0 Å². The zero-order valence-electron chi connectivity index (χ0n) is 5.71. The van der Waals surface area contributed by atoms with E-state index in [4.69, 9.17) is 17.3 Å². The lowest BCUT2D eigenvalue weighted by molar-refractivity contribution is 0.812. The molecule has 0 saturated carbocycles. The Morgan fingerprint density at radius 1 is 1.60 bits per heavy atom. The summed E-state index contributed by atoms with van der Waals surface area (Å²) < 4.78 is 0. The van der Waals surface area contributed by atoms with Crippen LogP contribution in [0.5, 0.6) is 0 Å². The van der Waals surface area contributed by atoms with E-state index in [0.29, 0.717) is 5.02 Å². The van der Waals surface area contributed by atoms with Crippen LogP contribution in [0, 0.1) is 0 Å². The molecule has 0 bridgehead atoms. The number of nitrogens with two attached hydrogens (primary N) is 1. The highest BCUT2D eigenvalue weighted by molar-refractivity contribution is 6.30. The highest BCUT2D eigenvalue weighted by Crippen LogP contribution is 2.12. The summed E-state index contributed by atoms with van der Waals surface area (Å²) >= 11 is 5.67. The molecule has 2 N–H and O–H groups in total. The predicted molar refractivity (Wildman–Crippen MR) is 41.8 cm³/mol. The predicted octanol–water partition coefficient (Wildman–Crippen LogP) is 1.75. The second-order valence-corrected chi connectivity index (χ2v) is 2.66. The van der Waals surface area contributed by atoms with Gasteiger partial charge in [0, 0.05) is 18.4 Å². The molecule has 2 nitrogen and oxygen atoms in total. The maximum Gasteiger partial charge on any atom is 0.0592 e. The molecule has 0 saturated heterocycles. The highest BCUT2D eigenvalue weighted by atomic mass is 35.5. The molecule has 0 unspecified atom stereocenters. The summed E-state index contributed by atoms with van der Waals surface area (Å²) in [7, 11) is 0. The standard InChI is InChI=1S/C7H9ClN2/c1-5(9)6-2-7(8)4-10-3-6/h2-5H,9H2,1H3/t5-/m1/s1. The van der Waals surface area contributed by atoms with Crippen molar-refractivity contribution < 1.29 is 0 Å². The molecular formula is C7H9ClN2. The lowest BCUT2D eigenvalue weighted by atomic mass is 10.2. The molecule has 0 fully saturated rings. The SMILES string of the molecule is C[C@@H](N)c1cncc(Cl)c1. The summed E-state index contributed by atoms with van der Waals surface area (Å²) in [6.45, 7) is 1.90. The first-order valence-corrected chi connectivity index (χ1v) is 3.44. The Balaban J connectivity index is 2.96. The maximum atomic E-state index is 5.67. The van der Waals surface area contributed by atoms with E-state index in [1.165, 1.54) is 0 Å². The number of nitrogens with zero attached hydrogens (tertiary/aromatic N) is 1. The molecule has 0 aromatic carbocycles. The number of hydrogen-bond donors (Lipinski definition) is 1. The number of hydrogen-bond acceptors (Lipinski definition) is 2. The number of halogens is 1. The molecule has 0 radical (unpaired) electrons. The maximum absolute atomic E-state index is 5.67. The zero-order chi connectivity index (χ0) is 7.56. The van der Waals surface area contributed by atoms with Crippen LogP contribution in [0.2, 0.25) is 5.02 Å². The third-order valence-electron chi connectivity index (χ3n) is 1.25. The molecule has 0 spiro atoms. The monoisotopic (exact) mass is 156 g/mol. The number of pyridine rings is 1. The molecule has 1 aromatic heterocycles. The minimum atomic E-state index is 0.00574. The Labute approximate surface area is 65.0 Å². The zero-order valence-corrected chi connectivity index (χ0v) is 6.47. The van der Waals surface area contributed by atoms with Crippen LogP contribution in [-0.2, 0) is 0 Å². The van der Waals surface area contributed by atoms with Gasteiger partial charge in [0.15, 0.2) is 0 Å². The van der Waals surface area contributed by atoms with Gasteiger partial charge in [-0.3, -0.25) is 4.98 Å². The summed E-state index contributed by atoms with van der Waals surface area (Å²) in [5, 5.41) is 0.634. The fourth-order valence-electron chi connectivity index (χ4n) is 0.677. The van der Waals surface area contributed by atoms with Crippen molar-refractivity contribution in [3.8, 4) is 0 Å². The molecule has 1 heterocycles. The average Bonchev–Trinajstić information content (AvgIpc) is 1.88. The fourth-order valence-corrected chi connectivity index (χ4v) is 0.860. The van der Waals surface area contributed by atoms with Crippen molar-refractivity contribution in [2.24, 2.45) is 5.73 Å². The first-order chi connectivity index (χ1) is 4.70. The van der Waals surface area contributed by atoms with Gasteiger partial charge in [-0.2, -0.15) is 0 Å². The normalized spacial score (nSPS) is 13.1. The fraction of sp³-hybridized carbons (Fsp3) is 0.286. The molecule has 0 aliphatic carbocycles. The molecule has 1 rings (SSSR count). The van der Waals surface area contributed by atoms with Crippen molar-refractivity contribution in [2.75, 3.05) is 0 Å². The Morgan fingerprint density at radius 3 is 2.70 bits per heavy atom. The van der Waals surface area contributed by atoms with Crippen molar-refractivity contribution in [1.82, 2.24) is 4.98 Å². The topological polar surface area (TPSA) is 38.9 Å². The van der Waals surface area contributed by atoms with Gasteiger partial charge in [-0.1, -0.05) is 11.6 Å². The first-order valence-electron chi connectivity index (χ1n) is 3.06. The van der Waals surface area contributed by atoms with Gasteiger partial charge < -0.3 is 5.73 Å². The second-order valence-electron chi connectivity index (χ2n) is 2.23. The Bertz CT molecular complexity index is 223. The van der Waals surface area contributed by atoms with E-state index >= 15 is 0 Å². The number of rotatable bonds is 1. The van der Waals surface area contributed by atoms with Crippen molar-refractivity contribution in [2.45, 2.75) is 13.0 Å². The quantitative estimate of drug-likeness (QED) is 0.673. The second kappa shape index (κ2) is 2.99. The minimum Gasteiger partial charge on any atom is -0.324 e. The van der Waals surface area contributed by atoms with Crippen LogP contribution in [0.4, 0.5) is 0 Å². The van der Waals surface area contributed by atoms with Crippen molar-refractivity contribution in [3.63, 3.8) is 0 Å². The van der Waals surface area contributed by atoms with Crippen molar-refractivity contribution >= 4 is 11.6 Å². The highest BCUT2D eigenvalue weighted by Gasteiger charge is 1.98. The van der Waals surface area contributed by atoms with Crippen LogP contribution in [0.3, 0.4) is 0 Å². The summed E-state index contributed by atoms with van der Waals surface area (Å²) in [6, 6.07) is 1.82. The molecule has 10 heavy (non-hydrogen) atoms. The van der Waals surface area contributed by atoms with Gasteiger partial charge in [-0.05, 0) is 18.6 Å². The molecule has 3 heteroatoms. The van der Waals surface area contributed by atoms with E-state index in [0.717, 1.165) is 5.56 Å². The lowest BCUT2D eigenvalue weighted by Crippen LogP contribution is -2.04. The van der Waals surface area contributed by atoms with Crippen LogP contribution in [-0.4, -0.2) is 4.98 Å². The minimum absolute atomic E-state index is 0.00574. The van der Waals surface area contributed by atoms with Crippen LogP contribution >= 0.6 is 11.6 Å². The van der Waals surface area contributed by atoms with Crippen molar-refractivity contribution in [1.29, 1.82) is 0 Å². The van der Waals surface area contributed by atoms with Crippen LogP contribution < -0.4 is 5.73 Å². The third-order valence-corrected chi connectivity index (χ3v) is 1.46. The third kappa shape index (κ3) is 1.69. The van der Waals surface area contributed by atoms with E-state index < -0.39 is 0 Å². The molecule has 0 aliphatic rings. The smallest absolute Gasteiger partial charge is 0.0592 e. The average molecular weight is 157 g/mol. The Morgan fingerprint density at radius 2 is 2.30 bits per heavy atom. The van der Waals surface area contributed by atoms with Gasteiger partial charge in [0.1, 0.15) is 0 Å². The Kier molecular flexibility index (Phi) is 2.25. The van der Waals surface area contributed by atoms with Crippen LogP contribution in [0.1, 0.15) is 18.5 Å². The molecule has 1 aromatic rings. The van der Waals surface area contributed by atoms with Gasteiger partial charge in [0.2, 0.25) is 0 Å². The largest absolute Gasteiger partial charge is 0.324 e. The van der Waals surface area contributed by atoms with E-state index in [9.17, 15) is 0 Å². The van der Waals surface area contributed by atoms with Crippen LogP contribution in [0.15, 0.2) is 18.5 Å². The van der Waals surface area contributed by atoms with E-state index in [-0.39, 0.29) is 6.04 Å². The first kappa shape index (κ1) is 7.51. The summed E-state index contributed by atoms with van der Waals surface area (Å²) in [5.74, 6) is 0. The van der Waals surface area contributed by atoms with E-state index in [2.05, 4.69) is 4.98 Å². The summed E-state index contributed by atoms with van der Waals surface area (Å²) in [4.78, 5) is 3.89. The van der Waals surface area contributed by atoms with E-state index in [1.54, 1.807) is 12.4 Å². The molecular weight excluding hydrogens is 148 g/mol. The lowest BCUT2D eigenvalue weighted by Gasteiger charge is -2.03. The molecule has 1 atom stereocenters.